The Morgan fingerprint density at radius 2 is 2.11 bits per heavy atom. The number of carbonyl (C=O) groups excluding carboxylic acids is 1. The molecule has 1 saturated carbocycles. The van der Waals surface area contributed by atoms with Gasteiger partial charge in [0.1, 0.15) is 0 Å². The van der Waals surface area contributed by atoms with Crippen LogP contribution in [0.4, 0.5) is 8.78 Å². The zero-order valence-electron chi connectivity index (χ0n) is 10.4. The molecular formula is C13H16F2N2OS. The van der Waals surface area contributed by atoms with Crippen LogP contribution in [0.15, 0.2) is 23.1 Å². The molecule has 3 nitrogen and oxygen atoms in total. The van der Waals surface area contributed by atoms with Crippen molar-refractivity contribution in [2.24, 2.45) is 11.5 Å². The van der Waals surface area contributed by atoms with E-state index in [1.165, 1.54) is 17.8 Å². The summed E-state index contributed by atoms with van der Waals surface area (Å²) in [5, 5.41) is 0.0936. The summed E-state index contributed by atoms with van der Waals surface area (Å²) >= 11 is 1.41. The Labute approximate surface area is 114 Å². The van der Waals surface area contributed by atoms with Crippen LogP contribution in [0, 0.1) is 11.6 Å². The molecule has 2 unspecified atom stereocenters. The molecule has 0 radical (unpaired) electrons. The summed E-state index contributed by atoms with van der Waals surface area (Å²) in [7, 11) is 0. The molecule has 2 rings (SSSR count). The van der Waals surface area contributed by atoms with Gasteiger partial charge in [0.25, 0.3) is 0 Å². The lowest BCUT2D eigenvalue weighted by atomic mass is 9.82. The molecule has 1 aromatic rings. The number of halogens is 2. The van der Waals surface area contributed by atoms with Crippen LogP contribution >= 0.6 is 11.8 Å². The zero-order valence-corrected chi connectivity index (χ0v) is 11.2. The van der Waals surface area contributed by atoms with E-state index in [2.05, 4.69) is 0 Å². The Balaban J connectivity index is 2.06. The van der Waals surface area contributed by atoms with Gasteiger partial charge in [0.2, 0.25) is 5.91 Å². The predicted octanol–water partition coefficient (Wildman–Crippen LogP) is 2.18. The molecule has 0 aromatic heterocycles. The summed E-state index contributed by atoms with van der Waals surface area (Å²) < 4.78 is 26.0. The molecule has 1 aliphatic rings. The Morgan fingerprint density at radius 1 is 1.37 bits per heavy atom. The van der Waals surface area contributed by atoms with Gasteiger partial charge in [0.15, 0.2) is 11.6 Å². The molecule has 0 aliphatic heterocycles. The van der Waals surface area contributed by atoms with Crippen LogP contribution in [-0.4, -0.2) is 16.7 Å². The Hall–Kier alpha value is -1.14. The Bertz CT molecular complexity index is 498. The van der Waals surface area contributed by atoms with Gasteiger partial charge in [-0.3, -0.25) is 4.79 Å². The first-order chi connectivity index (χ1) is 8.90. The lowest BCUT2D eigenvalue weighted by molar-refractivity contribution is -0.124. The number of amides is 1. The summed E-state index contributed by atoms with van der Waals surface area (Å²) in [6, 6.07) is 3.79. The SMILES string of the molecule is NC(=O)C1(N)CCCC(Sc2ccc(F)c(F)c2)C1. The van der Waals surface area contributed by atoms with Crippen LogP contribution in [-0.2, 0) is 4.79 Å². The lowest BCUT2D eigenvalue weighted by Crippen LogP contribution is -2.55. The van der Waals surface area contributed by atoms with Gasteiger partial charge in [0, 0.05) is 10.1 Å². The maximum Gasteiger partial charge on any atom is 0.237 e. The quantitative estimate of drug-likeness (QED) is 0.895. The summed E-state index contributed by atoms with van der Waals surface area (Å²) in [5.41, 5.74) is 10.3. The van der Waals surface area contributed by atoms with E-state index in [-0.39, 0.29) is 5.25 Å². The number of rotatable bonds is 3. The average molecular weight is 286 g/mol. The molecule has 0 heterocycles. The molecule has 1 aromatic carbocycles. The first-order valence-electron chi connectivity index (χ1n) is 6.11. The monoisotopic (exact) mass is 286 g/mol. The van der Waals surface area contributed by atoms with Crippen LogP contribution in [0.5, 0.6) is 0 Å². The van der Waals surface area contributed by atoms with E-state index < -0.39 is 23.1 Å². The molecule has 0 spiro atoms. The number of nitrogens with two attached hydrogens (primary N) is 2. The van der Waals surface area contributed by atoms with Gasteiger partial charge in [-0.15, -0.1) is 11.8 Å². The molecule has 19 heavy (non-hydrogen) atoms. The number of thioether (sulfide) groups is 1. The maximum absolute atomic E-state index is 13.1. The first kappa shape index (κ1) is 14.3. The van der Waals surface area contributed by atoms with Crippen LogP contribution < -0.4 is 11.5 Å². The van der Waals surface area contributed by atoms with Crippen molar-refractivity contribution in [3.05, 3.63) is 29.8 Å². The van der Waals surface area contributed by atoms with Crippen molar-refractivity contribution in [2.45, 2.75) is 41.4 Å². The van der Waals surface area contributed by atoms with E-state index in [1.807, 2.05) is 0 Å². The fourth-order valence-electron chi connectivity index (χ4n) is 2.32. The van der Waals surface area contributed by atoms with Gasteiger partial charge < -0.3 is 11.5 Å². The molecule has 1 amide bonds. The van der Waals surface area contributed by atoms with Crippen LogP contribution in [0.3, 0.4) is 0 Å². The summed E-state index contributed by atoms with van der Waals surface area (Å²) in [6.45, 7) is 0. The number of hydrogen-bond acceptors (Lipinski definition) is 3. The number of hydrogen-bond donors (Lipinski definition) is 2. The van der Waals surface area contributed by atoms with Gasteiger partial charge in [0.05, 0.1) is 5.54 Å². The third-order valence-electron chi connectivity index (χ3n) is 3.43. The average Bonchev–Trinajstić information content (AvgIpc) is 2.34. The third kappa shape index (κ3) is 3.25. The van der Waals surface area contributed by atoms with E-state index in [1.54, 1.807) is 0 Å². The standard InChI is InChI=1S/C13H16F2N2OS/c14-10-4-3-8(6-11(10)15)19-9-2-1-5-13(17,7-9)12(16)18/h3-4,6,9H,1-2,5,7,17H2,(H2,16,18). The van der Waals surface area contributed by atoms with E-state index in [0.717, 1.165) is 25.0 Å². The molecule has 1 fully saturated rings. The van der Waals surface area contributed by atoms with Crippen molar-refractivity contribution in [3.8, 4) is 0 Å². The second-order valence-corrected chi connectivity index (χ2v) is 6.31. The van der Waals surface area contributed by atoms with Gasteiger partial charge in [-0.2, -0.15) is 0 Å². The molecule has 1 aliphatic carbocycles. The molecule has 6 heteroatoms. The fraction of sp³-hybridized carbons (Fsp3) is 0.462. The van der Waals surface area contributed by atoms with Crippen molar-refractivity contribution in [3.63, 3.8) is 0 Å². The zero-order chi connectivity index (χ0) is 14.0. The topological polar surface area (TPSA) is 69.1 Å². The normalized spacial score (nSPS) is 27.2. The lowest BCUT2D eigenvalue weighted by Gasteiger charge is -2.35. The van der Waals surface area contributed by atoms with E-state index >= 15 is 0 Å². The molecule has 0 saturated heterocycles. The van der Waals surface area contributed by atoms with Gasteiger partial charge >= 0.3 is 0 Å². The summed E-state index contributed by atoms with van der Waals surface area (Å²) in [5.74, 6) is -2.23. The highest BCUT2D eigenvalue weighted by Gasteiger charge is 2.38. The smallest absolute Gasteiger partial charge is 0.237 e. The minimum absolute atomic E-state index is 0.0936. The molecular weight excluding hydrogens is 270 g/mol. The van der Waals surface area contributed by atoms with Crippen molar-refractivity contribution < 1.29 is 13.6 Å². The van der Waals surface area contributed by atoms with Gasteiger partial charge in [-0.05, 0) is 43.9 Å². The third-order valence-corrected chi connectivity index (χ3v) is 4.69. The van der Waals surface area contributed by atoms with Crippen molar-refractivity contribution in [1.82, 2.24) is 0 Å². The molecule has 2 atom stereocenters. The second-order valence-electron chi connectivity index (χ2n) is 4.93. The highest BCUT2D eigenvalue weighted by Crippen LogP contribution is 2.37. The van der Waals surface area contributed by atoms with Crippen LogP contribution in [0.25, 0.3) is 0 Å². The molecule has 4 N–H and O–H groups in total. The van der Waals surface area contributed by atoms with E-state index in [9.17, 15) is 13.6 Å². The van der Waals surface area contributed by atoms with Crippen LogP contribution in [0.1, 0.15) is 25.7 Å². The van der Waals surface area contributed by atoms with Gasteiger partial charge in [-0.1, -0.05) is 0 Å². The number of carbonyl (C=O) groups is 1. The number of primary amides is 1. The summed E-state index contributed by atoms with van der Waals surface area (Å²) in [6.07, 6.45) is 2.74. The van der Waals surface area contributed by atoms with Crippen molar-refractivity contribution in [1.29, 1.82) is 0 Å². The van der Waals surface area contributed by atoms with E-state index in [0.29, 0.717) is 17.7 Å². The molecule has 104 valence electrons. The predicted molar refractivity (Wildman–Crippen MR) is 70.6 cm³/mol. The minimum atomic E-state index is -0.978. The summed E-state index contributed by atoms with van der Waals surface area (Å²) in [4.78, 5) is 12.0. The van der Waals surface area contributed by atoms with Crippen molar-refractivity contribution >= 4 is 17.7 Å². The van der Waals surface area contributed by atoms with Crippen LogP contribution in [0.2, 0.25) is 0 Å². The largest absolute Gasteiger partial charge is 0.368 e. The number of benzene rings is 1. The Kier molecular flexibility index (Phi) is 4.10. The highest BCUT2D eigenvalue weighted by molar-refractivity contribution is 8.00. The first-order valence-corrected chi connectivity index (χ1v) is 6.99. The highest BCUT2D eigenvalue weighted by atomic mass is 32.2. The van der Waals surface area contributed by atoms with Crippen molar-refractivity contribution in [2.75, 3.05) is 0 Å². The minimum Gasteiger partial charge on any atom is -0.368 e. The second kappa shape index (κ2) is 5.46. The van der Waals surface area contributed by atoms with Gasteiger partial charge in [-0.25, -0.2) is 8.78 Å². The Morgan fingerprint density at radius 3 is 2.74 bits per heavy atom. The molecule has 0 bridgehead atoms. The maximum atomic E-state index is 13.1. The van der Waals surface area contributed by atoms with E-state index in [4.69, 9.17) is 11.5 Å². The fourth-order valence-corrected chi connectivity index (χ4v) is 3.69.